The van der Waals surface area contributed by atoms with E-state index in [0.29, 0.717) is 11.3 Å². The number of carbonyl (C=O) groups excluding carboxylic acids is 3. The zero-order chi connectivity index (χ0) is 23.4. The van der Waals surface area contributed by atoms with E-state index in [1.54, 1.807) is 43.5 Å². The second-order valence-electron chi connectivity index (χ2n) is 6.93. The number of aromatic nitrogens is 2. The minimum atomic E-state index is -0.490. The second-order valence-corrected chi connectivity index (χ2v) is 7.31. The first-order valence-electron chi connectivity index (χ1n) is 9.52. The summed E-state index contributed by atoms with van der Waals surface area (Å²) in [5, 5.41) is 9.61. The zero-order valence-corrected chi connectivity index (χ0v) is 18.5. The topological polar surface area (TPSA) is 102 Å². The highest BCUT2D eigenvalue weighted by Gasteiger charge is 2.26. The summed E-state index contributed by atoms with van der Waals surface area (Å²) < 4.78 is 6.56. The van der Waals surface area contributed by atoms with E-state index in [1.165, 1.54) is 31.0 Å². The fraction of sp³-hybridized carbons (Fsp3) is 0.130. The Labute approximate surface area is 189 Å². The van der Waals surface area contributed by atoms with Gasteiger partial charge in [-0.2, -0.15) is 5.10 Å². The van der Waals surface area contributed by atoms with Gasteiger partial charge >= 0.3 is 0 Å². The van der Waals surface area contributed by atoms with Crippen LogP contribution in [0.15, 0.2) is 60.9 Å². The molecule has 0 saturated heterocycles. The summed E-state index contributed by atoms with van der Waals surface area (Å²) in [5.74, 6) is -0.684. The minimum Gasteiger partial charge on any atom is -0.497 e. The highest BCUT2D eigenvalue weighted by molar-refractivity contribution is 6.37. The van der Waals surface area contributed by atoms with Crippen molar-refractivity contribution in [2.24, 2.45) is 0 Å². The summed E-state index contributed by atoms with van der Waals surface area (Å²) in [4.78, 5) is 37.8. The largest absolute Gasteiger partial charge is 0.497 e. The molecule has 0 fully saturated rings. The lowest BCUT2D eigenvalue weighted by molar-refractivity contribution is -0.114. The number of methoxy groups -OCH3 is 1. The fourth-order valence-electron chi connectivity index (χ4n) is 2.99. The molecule has 2 aromatic carbocycles. The van der Waals surface area contributed by atoms with E-state index < -0.39 is 11.7 Å². The molecule has 8 nitrogen and oxygen atoms in total. The Balaban J connectivity index is 2.30. The monoisotopic (exact) mass is 452 g/mol. The van der Waals surface area contributed by atoms with Crippen LogP contribution in [-0.4, -0.2) is 34.5 Å². The molecule has 0 aliphatic rings. The third-order valence-electron chi connectivity index (χ3n) is 4.50. The van der Waals surface area contributed by atoms with Gasteiger partial charge in [0.1, 0.15) is 5.75 Å². The maximum absolute atomic E-state index is 13.6. The lowest BCUT2D eigenvalue weighted by atomic mass is 9.98. The van der Waals surface area contributed by atoms with Gasteiger partial charge in [0.2, 0.25) is 5.91 Å². The van der Waals surface area contributed by atoms with E-state index >= 15 is 0 Å². The minimum absolute atomic E-state index is 0.0917. The molecule has 164 valence electrons. The molecule has 2 N–H and O–H groups in total. The first-order chi connectivity index (χ1) is 15.2. The van der Waals surface area contributed by atoms with E-state index in [0.717, 1.165) is 0 Å². The number of anilines is 2. The number of carbonyl (C=O) groups is 3. The molecule has 3 aromatic rings. The number of benzene rings is 2. The average Bonchev–Trinajstić information content (AvgIpc) is 3.29. The highest BCUT2D eigenvalue weighted by Crippen LogP contribution is 2.38. The number of ether oxygens (including phenoxy) is 1. The van der Waals surface area contributed by atoms with Gasteiger partial charge in [0.05, 0.1) is 34.8 Å². The van der Waals surface area contributed by atoms with Crippen LogP contribution in [0, 0.1) is 0 Å². The first-order valence-corrected chi connectivity index (χ1v) is 9.90. The van der Waals surface area contributed by atoms with Crippen LogP contribution in [0.2, 0.25) is 5.02 Å². The molecule has 0 aliphatic heterocycles. The van der Waals surface area contributed by atoms with E-state index in [2.05, 4.69) is 22.3 Å². The van der Waals surface area contributed by atoms with E-state index in [9.17, 15) is 14.4 Å². The summed E-state index contributed by atoms with van der Waals surface area (Å²) in [5.41, 5.74) is 1.26. The molecule has 0 unspecified atom stereocenters. The van der Waals surface area contributed by atoms with Gasteiger partial charge in [0.25, 0.3) is 5.91 Å². The fourth-order valence-corrected chi connectivity index (χ4v) is 3.27. The highest BCUT2D eigenvalue weighted by atomic mass is 35.5. The Morgan fingerprint density at radius 3 is 2.31 bits per heavy atom. The number of nitrogens with one attached hydrogen (secondary N) is 2. The maximum atomic E-state index is 13.6. The predicted molar refractivity (Wildman–Crippen MR) is 123 cm³/mol. The summed E-state index contributed by atoms with van der Waals surface area (Å²) in [6, 6.07) is 9.62. The maximum Gasteiger partial charge on any atom is 0.250 e. The molecule has 0 bridgehead atoms. The van der Waals surface area contributed by atoms with Crippen LogP contribution < -0.4 is 15.4 Å². The normalized spacial score (nSPS) is 10.4. The molecule has 2 amide bonds. The Hall–Kier alpha value is -3.91. The molecule has 1 aromatic heterocycles. The Bertz CT molecular complexity index is 1200. The van der Waals surface area contributed by atoms with Crippen LogP contribution in [0.1, 0.15) is 29.8 Å². The van der Waals surface area contributed by atoms with Crippen LogP contribution in [0.25, 0.3) is 5.69 Å². The Morgan fingerprint density at radius 2 is 1.78 bits per heavy atom. The van der Waals surface area contributed by atoms with Crippen molar-refractivity contribution in [3.05, 3.63) is 77.1 Å². The van der Waals surface area contributed by atoms with Gasteiger partial charge in [-0.25, -0.2) is 4.68 Å². The van der Waals surface area contributed by atoms with Gasteiger partial charge in [-0.1, -0.05) is 18.2 Å². The van der Waals surface area contributed by atoms with Gasteiger partial charge in [-0.3, -0.25) is 14.4 Å². The van der Waals surface area contributed by atoms with Crippen molar-refractivity contribution in [3.8, 4) is 11.4 Å². The number of hydrogen-bond acceptors (Lipinski definition) is 5. The summed E-state index contributed by atoms with van der Waals surface area (Å²) >= 11 is 6.62. The smallest absolute Gasteiger partial charge is 0.250 e. The number of halogens is 1. The molecule has 9 heteroatoms. The van der Waals surface area contributed by atoms with Gasteiger partial charge in [0, 0.05) is 30.5 Å². The summed E-state index contributed by atoms with van der Waals surface area (Å²) in [6.45, 7) is 6.51. The molecule has 0 atom stereocenters. The van der Waals surface area contributed by atoms with E-state index in [-0.39, 0.29) is 39.1 Å². The van der Waals surface area contributed by atoms with E-state index in [1.807, 2.05) is 0 Å². The zero-order valence-electron chi connectivity index (χ0n) is 17.7. The second kappa shape index (κ2) is 9.49. The van der Waals surface area contributed by atoms with E-state index in [4.69, 9.17) is 16.3 Å². The molecule has 0 spiro atoms. The SMILES string of the molecule is C=C(C)C(=O)Nc1cc(NC(C)=O)c(Cl)c(-n2cccn2)c1C(=O)c1ccc(OC)cc1. The standard InChI is InChI=1S/C23H21ClN4O4/c1-13(2)23(31)27-17-12-18(26-14(3)29)20(24)21(28-11-5-10-25-28)19(17)22(30)15-6-8-16(32-4)9-7-15/h5-12H,1H2,2-4H3,(H,26,29)(H,27,31). The molecular formula is C23H21ClN4O4. The molecule has 0 radical (unpaired) electrons. The van der Waals surface area contributed by atoms with Crippen molar-refractivity contribution in [3.63, 3.8) is 0 Å². The molecule has 3 rings (SSSR count). The summed E-state index contributed by atoms with van der Waals surface area (Å²) in [7, 11) is 1.53. The molecule has 1 heterocycles. The molecule has 32 heavy (non-hydrogen) atoms. The Morgan fingerprint density at radius 1 is 1.09 bits per heavy atom. The van der Waals surface area contributed by atoms with Gasteiger partial charge in [-0.15, -0.1) is 0 Å². The van der Waals surface area contributed by atoms with Crippen molar-refractivity contribution >= 4 is 40.6 Å². The Kier molecular flexibility index (Phi) is 6.75. The lowest BCUT2D eigenvalue weighted by Crippen LogP contribution is -2.19. The molecule has 0 saturated carbocycles. The quantitative estimate of drug-likeness (QED) is 0.412. The van der Waals surface area contributed by atoms with Crippen LogP contribution in [-0.2, 0) is 9.59 Å². The van der Waals surface area contributed by atoms with Crippen molar-refractivity contribution in [1.29, 1.82) is 0 Å². The number of amides is 2. The van der Waals surface area contributed by atoms with Crippen LogP contribution in [0.4, 0.5) is 11.4 Å². The van der Waals surface area contributed by atoms with Crippen molar-refractivity contribution in [1.82, 2.24) is 9.78 Å². The van der Waals surface area contributed by atoms with Gasteiger partial charge < -0.3 is 15.4 Å². The lowest BCUT2D eigenvalue weighted by Gasteiger charge is -2.20. The predicted octanol–water partition coefficient (Wildman–Crippen LogP) is 4.24. The third-order valence-corrected chi connectivity index (χ3v) is 4.88. The molecule has 0 aliphatic carbocycles. The van der Waals surface area contributed by atoms with Crippen LogP contribution in [0.3, 0.4) is 0 Å². The summed E-state index contributed by atoms with van der Waals surface area (Å²) in [6.07, 6.45) is 3.13. The van der Waals surface area contributed by atoms with Crippen molar-refractivity contribution < 1.29 is 19.1 Å². The van der Waals surface area contributed by atoms with Crippen molar-refractivity contribution in [2.45, 2.75) is 13.8 Å². The number of nitrogens with zero attached hydrogens (tertiary/aromatic N) is 2. The van der Waals surface area contributed by atoms with Crippen LogP contribution in [0.5, 0.6) is 5.75 Å². The first kappa shape index (κ1) is 22.8. The number of ketones is 1. The van der Waals surface area contributed by atoms with Crippen LogP contribution >= 0.6 is 11.6 Å². The molecular weight excluding hydrogens is 432 g/mol. The van der Waals surface area contributed by atoms with Crippen molar-refractivity contribution in [2.75, 3.05) is 17.7 Å². The number of rotatable bonds is 7. The number of hydrogen-bond donors (Lipinski definition) is 2. The van der Waals surface area contributed by atoms with Gasteiger partial charge in [-0.05, 0) is 43.3 Å². The van der Waals surface area contributed by atoms with Gasteiger partial charge in [0.15, 0.2) is 5.78 Å². The third kappa shape index (κ3) is 4.70. The average molecular weight is 453 g/mol.